The lowest BCUT2D eigenvalue weighted by Crippen LogP contribution is -2.25. The van der Waals surface area contributed by atoms with E-state index in [4.69, 9.17) is 4.99 Å². The fraction of sp³-hybridized carbons (Fsp3) is 0.158. The molecule has 0 aromatic heterocycles. The first kappa shape index (κ1) is 15.6. The molecule has 1 aliphatic rings. The van der Waals surface area contributed by atoms with Gasteiger partial charge in [0.1, 0.15) is 5.82 Å². The van der Waals surface area contributed by atoms with E-state index in [2.05, 4.69) is 11.9 Å². The van der Waals surface area contributed by atoms with Gasteiger partial charge in [-0.05, 0) is 37.9 Å². The molecule has 1 aliphatic heterocycles. The molecule has 2 aromatic carbocycles. The lowest BCUT2D eigenvalue weighted by molar-refractivity contribution is 0.684. The largest absolute Gasteiger partial charge is 0.328 e. The summed E-state index contributed by atoms with van der Waals surface area (Å²) in [6.45, 7) is 3.84. The van der Waals surface area contributed by atoms with Gasteiger partial charge >= 0.3 is 0 Å². The molecule has 0 amide bonds. The second-order valence-corrected chi connectivity index (χ2v) is 8.08. The molecule has 0 radical (unpaired) electrons. The van der Waals surface area contributed by atoms with Crippen LogP contribution in [-0.2, 0) is 9.52 Å². The van der Waals surface area contributed by atoms with Crippen LogP contribution in [0.4, 0.5) is 5.69 Å². The molecule has 3 rings (SSSR count). The number of nitrogens with zero attached hydrogens (tertiary/aromatic N) is 2. The lowest BCUT2D eigenvalue weighted by atomic mass is 10.1. The maximum absolute atomic E-state index is 13.3. The van der Waals surface area contributed by atoms with Crippen LogP contribution in [0.5, 0.6) is 0 Å². The van der Waals surface area contributed by atoms with Crippen molar-refractivity contribution in [3.63, 3.8) is 0 Å². The van der Waals surface area contributed by atoms with Crippen molar-refractivity contribution >= 4 is 26.8 Å². The molecule has 4 heteroatoms. The zero-order valence-electron chi connectivity index (χ0n) is 13.6. The van der Waals surface area contributed by atoms with E-state index in [0.717, 1.165) is 21.9 Å². The van der Waals surface area contributed by atoms with Gasteiger partial charge in [-0.15, -0.1) is 0 Å². The molecule has 0 saturated heterocycles. The van der Waals surface area contributed by atoms with Crippen LogP contribution in [0.3, 0.4) is 0 Å². The van der Waals surface area contributed by atoms with Crippen molar-refractivity contribution in [3.8, 4) is 0 Å². The van der Waals surface area contributed by atoms with Crippen LogP contribution in [0.2, 0.25) is 0 Å². The Bertz CT molecular complexity index is 909. The van der Waals surface area contributed by atoms with Gasteiger partial charge < -0.3 is 4.90 Å². The van der Waals surface area contributed by atoms with E-state index in [0.29, 0.717) is 10.7 Å². The third kappa shape index (κ3) is 2.59. The van der Waals surface area contributed by atoms with E-state index < -0.39 is 9.52 Å². The Morgan fingerprint density at radius 2 is 1.70 bits per heavy atom. The van der Waals surface area contributed by atoms with Gasteiger partial charge in [0.25, 0.3) is 0 Å². The van der Waals surface area contributed by atoms with E-state index in [1.165, 1.54) is 0 Å². The molecule has 0 N–H and O–H groups in total. The number of benzene rings is 2. The SMILES string of the molecule is C=S(=O)(/C(C)=C1\N=C(C)c2ccccc2N1C)c1ccccc1. The number of para-hydroxylation sites is 1. The molecule has 3 nitrogen and oxygen atoms in total. The van der Waals surface area contributed by atoms with Crippen molar-refractivity contribution in [1.29, 1.82) is 0 Å². The maximum atomic E-state index is 13.3. The number of aliphatic imine (C=N–C) groups is 1. The normalized spacial score (nSPS) is 18.7. The fourth-order valence-electron chi connectivity index (χ4n) is 2.76. The molecule has 1 atom stereocenters. The monoisotopic (exact) mass is 324 g/mol. The van der Waals surface area contributed by atoms with Gasteiger partial charge in [-0.25, -0.2) is 4.99 Å². The molecule has 1 unspecified atom stereocenters. The number of allylic oxidation sites excluding steroid dienone is 1. The van der Waals surface area contributed by atoms with Crippen molar-refractivity contribution < 1.29 is 4.21 Å². The van der Waals surface area contributed by atoms with Crippen molar-refractivity contribution in [2.45, 2.75) is 18.7 Å². The van der Waals surface area contributed by atoms with Crippen molar-refractivity contribution in [2.75, 3.05) is 11.9 Å². The van der Waals surface area contributed by atoms with Gasteiger partial charge in [0.05, 0.1) is 10.6 Å². The molecule has 0 bridgehead atoms. The van der Waals surface area contributed by atoms with E-state index in [9.17, 15) is 4.21 Å². The molecular weight excluding hydrogens is 304 g/mol. The summed E-state index contributed by atoms with van der Waals surface area (Å²) in [6, 6.07) is 17.5. The fourth-order valence-corrected chi connectivity index (χ4v) is 4.19. The molecule has 2 aromatic rings. The van der Waals surface area contributed by atoms with Gasteiger partial charge in [-0.2, -0.15) is 0 Å². The Balaban J connectivity index is 2.18. The number of rotatable bonds is 2. The first-order chi connectivity index (χ1) is 10.9. The number of hydrogen-bond donors (Lipinski definition) is 0. The summed E-state index contributed by atoms with van der Waals surface area (Å²) in [6.07, 6.45) is 0. The van der Waals surface area contributed by atoms with E-state index in [1.54, 1.807) is 0 Å². The third-order valence-electron chi connectivity index (χ3n) is 4.18. The molecule has 0 spiro atoms. The quantitative estimate of drug-likeness (QED) is 0.785. The average Bonchev–Trinajstić information content (AvgIpc) is 2.58. The van der Waals surface area contributed by atoms with Crippen molar-refractivity contribution in [2.24, 2.45) is 4.99 Å². The summed E-state index contributed by atoms with van der Waals surface area (Å²) in [5.74, 6) is 4.72. The van der Waals surface area contributed by atoms with Crippen LogP contribution >= 0.6 is 0 Å². The Hall–Kier alpha value is -2.33. The second-order valence-electron chi connectivity index (χ2n) is 5.64. The van der Waals surface area contributed by atoms with Gasteiger partial charge in [-0.1, -0.05) is 36.4 Å². The van der Waals surface area contributed by atoms with Gasteiger partial charge in [0.2, 0.25) is 0 Å². The number of fused-ring (bicyclic) bond motifs is 1. The van der Waals surface area contributed by atoms with Crippen molar-refractivity contribution in [1.82, 2.24) is 0 Å². The Morgan fingerprint density at radius 1 is 1.09 bits per heavy atom. The molecular formula is C19H20N2OS. The van der Waals surface area contributed by atoms with E-state index >= 15 is 0 Å². The van der Waals surface area contributed by atoms with Crippen molar-refractivity contribution in [3.05, 3.63) is 70.9 Å². The summed E-state index contributed by atoms with van der Waals surface area (Å²) >= 11 is 0. The van der Waals surface area contributed by atoms with Crippen LogP contribution in [0, 0.1) is 0 Å². The van der Waals surface area contributed by atoms with Crippen LogP contribution in [0.15, 0.2) is 75.2 Å². The van der Waals surface area contributed by atoms with Crippen LogP contribution in [0.25, 0.3) is 0 Å². The minimum atomic E-state index is -2.57. The zero-order chi connectivity index (χ0) is 16.6. The summed E-state index contributed by atoms with van der Waals surface area (Å²) in [5.41, 5.74) is 3.09. The minimum Gasteiger partial charge on any atom is -0.328 e. The highest BCUT2D eigenvalue weighted by atomic mass is 32.2. The molecule has 0 fully saturated rings. The smallest absolute Gasteiger partial charge is 0.144 e. The lowest BCUT2D eigenvalue weighted by Gasteiger charge is -2.29. The highest BCUT2D eigenvalue weighted by Crippen LogP contribution is 2.32. The van der Waals surface area contributed by atoms with Crippen LogP contribution < -0.4 is 4.90 Å². The Kier molecular flexibility index (Phi) is 3.86. The van der Waals surface area contributed by atoms with E-state index in [-0.39, 0.29) is 0 Å². The van der Waals surface area contributed by atoms with Gasteiger partial charge in [0.15, 0.2) is 0 Å². The summed E-state index contributed by atoms with van der Waals surface area (Å²) in [4.78, 5) is 8.11. The molecule has 0 aliphatic carbocycles. The highest BCUT2D eigenvalue weighted by molar-refractivity contribution is 8.03. The predicted molar refractivity (Wildman–Crippen MR) is 99.7 cm³/mol. The van der Waals surface area contributed by atoms with Crippen LogP contribution in [0.1, 0.15) is 19.4 Å². The van der Waals surface area contributed by atoms with Gasteiger partial charge in [0, 0.05) is 32.7 Å². The second kappa shape index (κ2) is 5.70. The number of hydrogen-bond acceptors (Lipinski definition) is 3. The molecule has 118 valence electrons. The van der Waals surface area contributed by atoms with Gasteiger partial charge in [-0.3, -0.25) is 4.21 Å². The average molecular weight is 324 g/mol. The summed E-state index contributed by atoms with van der Waals surface area (Å²) in [5, 5.41) is 0. The van der Waals surface area contributed by atoms with E-state index in [1.807, 2.05) is 74.3 Å². The van der Waals surface area contributed by atoms with Crippen LogP contribution in [-0.4, -0.2) is 22.8 Å². The number of anilines is 1. The topological polar surface area (TPSA) is 32.7 Å². The standard InChI is InChI=1S/C19H20N2OS/c1-14-17-12-8-9-13-18(17)21(3)19(20-14)15(2)23(4,22)16-10-6-5-7-11-16/h5-13H,4H2,1-3H3/b19-15+. The first-order valence-electron chi connectivity index (χ1n) is 7.44. The third-order valence-corrected chi connectivity index (χ3v) is 6.39. The Morgan fingerprint density at radius 3 is 2.39 bits per heavy atom. The first-order valence-corrected chi connectivity index (χ1v) is 9.17. The highest BCUT2D eigenvalue weighted by Gasteiger charge is 2.23. The summed E-state index contributed by atoms with van der Waals surface area (Å²) in [7, 11) is -0.614. The molecule has 1 heterocycles. The molecule has 0 saturated carbocycles. The molecule has 23 heavy (non-hydrogen) atoms. The Labute approximate surface area is 138 Å². The zero-order valence-corrected chi connectivity index (χ0v) is 14.4. The minimum absolute atomic E-state index is 0.694. The maximum Gasteiger partial charge on any atom is 0.144 e. The summed E-state index contributed by atoms with van der Waals surface area (Å²) < 4.78 is 13.3. The predicted octanol–water partition coefficient (Wildman–Crippen LogP) is 3.91.